The SMILES string of the molecule is CC[C@H](C)Oc1cc(CBr)on1. The van der Waals surface area contributed by atoms with Gasteiger partial charge in [-0.15, -0.1) is 0 Å². The molecular weight excluding hydrogens is 222 g/mol. The van der Waals surface area contributed by atoms with Crippen molar-refractivity contribution in [3.8, 4) is 5.88 Å². The molecular formula is C8H12BrNO2. The maximum Gasteiger partial charge on any atom is 0.254 e. The van der Waals surface area contributed by atoms with Gasteiger partial charge in [-0.25, -0.2) is 0 Å². The summed E-state index contributed by atoms with van der Waals surface area (Å²) in [5, 5.41) is 4.42. The van der Waals surface area contributed by atoms with Gasteiger partial charge in [-0.1, -0.05) is 22.9 Å². The Hall–Kier alpha value is -0.510. The predicted molar refractivity (Wildman–Crippen MR) is 49.5 cm³/mol. The van der Waals surface area contributed by atoms with Crippen LogP contribution in [0.2, 0.25) is 0 Å². The fourth-order valence-corrected chi connectivity index (χ4v) is 0.966. The highest BCUT2D eigenvalue weighted by atomic mass is 79.9. The van der Waals surface area contributed by atoms with Crippen LogP contribution >= 0.6 is 15.9 Å². The van der Waals surface area contributed by atoms with Crippen LogP contribution < -0.4 is 4.74 Å². The van der Waals surface area contributed by atoms with Crippen LogP contribution in [0.4, 0.5) is 0 Å². The van der Waals surface area contributed by atoms with Gasteiger partial charge in [-0.2, -0.15) is 0 Å². The Morgan fingerprint density at radius 1 is 1.75 bits per heavy atom. The molecule has 12 heavy (non-hydrogen) atoms. The highest BCUT2D eigenvalue weighted by Crippen LogP contribution is 2.15. The summed E-state index contributed by atoms with van der Waals surface area (Å²) in [7, 11) is 0. The van der Waals surface area contributed by atoms with Crippen LogP contribution in [0.1, 0.15) is 26.0 Å². The second-order valence-electron chi connectivity index (χ2n) is 2.60. The first-order chi connectivity index (χ1) is 5.76. The number of halogens is 1. The summed E-state index contributed by atoms with van der Waals surface area (Å²) in [5.74, 6) is 1.35. The van der Waals surface area contributed by atoms with Crippen molar-refractivity contribution >= 4 is 15.9 Å². The number of ether oxygens (including phenoxy) is 1. The number of nitrogens with zero attached hydrogens (tertiary/aromatic N) is 1. The molecule has 1 rings (SSSR count). The lowest BCUT2D eigenvalue weighted by atomic mass is 10.3. The second kappa shape index (κ2) is 4.50. The van der Waals surface area contributed by atoms with E-state index in [2.05, 4.69) is 28.0 Å². The standard InChI is InChI=1S/C8H12BrNO2/c1-3-6(2)11-8-4-7(5-9)12-10-8/h4,6H,3,5H2,1-2H3/t6-/m0/s1. The van der Waals surface area contributed by atoms with Crippen LogP contribution in [0.5, 0.6) is 5.88 Å². The van der Waals surface area contributed by atoms with Gasteiger partial charge in [0.15, 0.2) is 5.76 Å². The molecule has 1 aromatic heterocycles. The molecule has 0 saturated carbocycles. The molecule has 1 atom stereocenters. The molecule has 0 radical (unpaired) electrons. The van der Waals surface area contributed by atoms with Crippen LogP contribution in [-0.4, -0.2) is 11.3 Å². The van der Waals surface area contributed by atoms with E-state index < -0.39 is 0 Å². The molecule has 1 aromatic rings. The first-order valence-corrected chi connectivity index (χ1v) is 5.06. The highest BCUT2D eigenvalue weighted by molar-refractivity contribution is 9.08. The minimum absolute atomic E-state index is 0.193. The highest BCUT2D eigenvalue weighted by Gasteiger charge is 2.06. The van der Waals surface area contributed by atoms with E-state index in [1.807, 2.05) is 6.92 Å². The Morgan fingerprint density at radius 2 is 2.50 bits per heavy atom. The molecule has 0 unspecified atom stereocenters. The number of hydrogen-bond donors (Lipinski definition) is 0. The molecule has 0 aliphatic carbocycles. The van der Waals surface area contributed by atoms with Crippen LogP contribution in [0.25, 0.3) is 0 Å². The Labute approximate surface area is 80.2 Å². The molecule has 68 valence electrons. The van der Waals surface area contributed by atoms with Crippen LogP contribution in [0.15, 0.2) is 10.6 Å². The van der Waals surface area contributed by atoms with E-state index in [0.717, 1.165) is 12.2 Å². The normalized spacial score (nSPS) is 12.9. The Balaban J connectivity index is 2.52. The fourth-order valence-electron chi connectivity index (χ4n) is 0.702. The van der Waals surface area contributed by atoms with Crippen molar-refractivity contribution in [2.45, 2.75) is 31.7 Å². The predicted octanol–water partition coefficient (Wildman–Crippen LogP) is 2.75. The molecule has 0 fully saturated rings. The number of rotatable bonds is 4. The third-order valence-electron chi connectivity index (χ3n) is 1.57. The monoisotopic (exact) mass is 233 g/mol. The van der Waals surface area contributed by atoms with Crippen molar-refractivity contribution in [3.63, 3.8) is 0 Å². The van der Waals surface area contributed by atoms with Crippen molar-refractivity contribution in [1.82, 2.24) is 5.16 Å². The molecule has 0 saturated heterocycles. The van der Waals surface area contributed by atoms with Gasteiger partial charge in [-0.05, 0) is 18.5 Å². The molecule has 0 spiro atoms. The molecule has 0 aliphatic rings. The largest absolute Gasteiger partial charge is 0.472 e. The maximum atomic E-state index is 5.42. The Morgan fingerprint density at radius 3 is 3.00 bits per heavy atom. The van der Waals surface area contributed by atoms with Crippen LogP contribution in [0, 0.1) is 0 Å². The van der Waals surface area contributed by atoms with E-state index in [4.69, 9.17) is 9.26 Å². The van der Waals surface area contributed by atoms with Crippen molar-refractivity contribution in [3.05, 3.63) is 11.8 Å². The van der Waals surface area contributed by atoms with Crippen molar-refractivity contribution in [2.75, 3.05) is 0 Å². The average molecular weight is 234 g/mol. The molecule has 4 heteroatoms. The zero-order chi connectivity index (χ0) is 8.97. The van der Waals surface area contributed by atoms with Gasteiger partial charge in [0, 0.05) is 6.07 Å². The number of hydrogen-bond acceptors (Lipinski definition) is 3. The van der Waals surface area contributed by atoms with Crippen LogP contribution in [0.3, 0.4) is 0 Å². The third-order valence-corrected chi connectivity index (χ3v) is 2.12. The van der Waals surface area contributed by atoms with E-state index in [-0.39, 0.29) is 6.10 Å². The lowest BCUT2D eigenvalue weighted by Crippen LogP contribution is -2.09. The first-order valence-electron chi connectivity index (χ1n) is 3.94. The van der Waals surface area contributed by atoms with Gasteiger partial charge in [-0.3, -0.25) is 0 Å². The van der Waals surface area contributed by atoms with Gasteiger partial charge in [0.05, 0.1) is 11.4 Å². The minimum atomic E-state index is 0.193. The van der Waals surface area contributed by atoms with E-state index >= 15 is 0 Å². The van der Waals surface area contributed by atoms with Crippen molar-refractivity contribution < 1.29 is 9.26 Å². The first kappa shape index (κ1) is 9.58. The smallest absolute Gasteiger partial charge is 0.254 e. The summed E-state index contributed by atoms with van der Waals surface area (Å²) in [6.07, 6.45) is 1.16. The molecule has 0 amide bonds. The summed E-state index contributed by atoms with van der Waals surface area (Å²) < 4.78 is 10.4. The van der Waals surface area contributed by atoms with Gasteiger partial charge in [0.25, 0.3) is 5.88 Å². The van der Waals surface area contributed by atoms with Crippen molar-refractivity contribution in [2.24, 2.45) is 0 Å². The van der Waals surface area contributed by atoms with E-state index in [1.54, 1.807) is 6.07 Å². The fraction of sp³-hybridized carbons (Fsp3) is 0.625. The maximum absolute atomic E-state index is 5.42. The van der Waals surface area contributed by atoms with E-state index in [1.165, 1.54) is 0 Å². The topological polar surface area (TPSA) is 35.3 Å². The minimum Gasteiger partial charge on any atom is -0.472 e. The molecule has 1 heterocycles. The van der Waals surface area contributed by atoms with Gasteiger partial charge < -0.3 is 9.26 Å². The Kier molecular flexibility index (Phi) is 3.59. The van der Waals surface area contributed by atoms with Crippen LogP contribution in [-0.2, 0) is 5.33 Å². The van der Waals surface area contributed by atoms with E-state index in [0.29, 0.717) is 11.2 Å². The zero-order valence-electron chi connectivity index (χ0n) is 7.21. The third kappa shape index (κ3) is 2.52. The molecule has 0 bridgehead atoms. The molecule has 0 aliphatic heterocycles. The number of aromatic nitrogens is 1. The summed E-state index contributed by atoms with van der Waals surface area (Å²) in [6.45, 7) is 4.07. The summed E-state index contributed by atoms with van der Waals surface area (Å²) >= 11 is 3.26. The molecule has 0 aromatic carbocycles. The summed E-state index contributed by atoms with van der Waals surface area (Å²) in [6, 6.07) is 1.79. The summed E-state index contributed by atoms with van der Waals surface area (Å²) in [5.41, 5.74) is 0. The molecule has 3 nitrogen and oxygen atoms in total. The lowest BCUT2D eigenvalue weighted by molar-refractivity contribution is 0.196. The van der Waals surface area contributed by atoms with Crippen molar-refractivity contribution in [1.29, 1.82) is 0 Å². The zero-order valence-corrected chi connectivity index (χ0v) is 8.80. The second-order valence-corrected chi connectivity index (χ2v) is 3.16. The average Bonchev–Trinajstić information content (AvgIpc) is 2.52. The van der Waals surface area contributed by atoms with Gasteiger partial charge >= 0.3 is 0 Å². The van der Waals surface area contributed by atoms with Gasteiger partial charge in [0.2, 0.25) is 0 Å². The van der Waals surface area contributed by atoms with E-state index in [9.17, 15) is 0 Å². The Bertz CT molecular complexity index is 237. The quantitative estimate of drug-likeness (QED) is 0.751. The summed E-state index contributed by atoms with van der Waals surface area (Å²) in [4.78, 5) is 0. The number of alkyl halides is 1. The van der Waals surface area contributed by atoms with Gasteiger partial charge in [0.1, 0.15) is 0 Å². The lowest BCUT2D eigenvalue weighted by Gasteiger charge is -2.07. The molecule has 0 N–H and O–H groups in total.